The largest absolute Gasteiger partial charge is 0.370 e. The second-order valence-electron chi connectivity index (χ2n) is 5.24. The summed E-state index contributed by atoms with van der Waals surface area (Å²) in [4.78, 5) is 6.72. The first-order valence-corrected chi connectivity index (χ1v) is 7.42. The predicted molar refractivity (Wildman–Crippen MR) is 93.2 cm³/mol. The number of hydrogen-bond acceptors (Lipinski definition) is 2. The molecule has 0 amide bonds. The standard InChI is InChI=1S/C18H20N4/c19-18(21-16-8-2-1-3-9-16)20-14-15-7-6-10-17(13-15)22-11-4-5-12-22/h1-10,13H,11-12,14H2,(H3,19,20,21). The van der Waals surface area contributed by atoms with Crippen LogP contribution in [0, 0.1) is 0 Å². The fourth-order valence-electron chi connectivity index (χ4n) is 2.43. The van der Waals surface area contributed by atoms with E-state index in [4.69, 9.17) is 5.73 Å². The molecule has 4 heteroatoms. The van der Waals surface area contributed by atoms with Gasteiger partial charge in [-0.25, -0.2) is 4.99 Å². The monoisotopic (exact) mass is 292 g/mol. The molecule has 0 atom stereocenters. The zero-order valence-corrected chi connectivity index (χ0v) is 12.4. The first-order chi connectivity index (χ1) is 10.8. The predicted octanol–water partition coefficient (Wildman–Crippen LogP) is 2.99. The SMILES string of the molecule is NC(=NCc1cccc(N2CC=CC2)c1)Nc1ccccc1. The van der Waals surface area contributed by atoms with Gasteiger partial charge in [0.15, 0.2) is 5.96 Å². The summed E-state index contributed by atoms with van der Waals surface area (Å²) in [5.74, 6) is 0.430. The average Bonchev–Trinajstić information content (AvgIpc) is 3.09. The van der Waals surface area contributed by atoms with E-state index in [1.165, 1.54) is 5.69 Å². The summed E-state index contributed by atoms with van der Waals surface area (Å²) in [6, 6.07) is 18.3. The first kappa shape index (κ1) is 14.2. The lowest BCUT2D eigenvalue weighted by Crippen LogP contribution is -2.22. The topological polar surface area (TPSA) is 53.6 Å². The molecule has 1 aliphatic rings. The molecule has 0 spiro atoms. The molecule has 4 nitrogen and oxygen atoms in total. The van der Waals surface area contributed by atoms with Crippen molar-refractivity contribution in [2.24, 2.45) is 10.7 Å². The van der Waals surface area contributed by atoms with E-state index in [9.17, 15) is 0 Å². The van der Waals surface area contributed by atoms with E-state index < -0.39 is 0 Å². The molecular formula is C18H20N4. The van der Waals surface area contributed by atoms with Crippen molar-refractivity contribution in [3.63, 3.8) is 0 Å². The van der Waals surface area contributed by atoms with E-state index >= 15 is 0 Å². The molecule has 1 aliphatic heterocycles. The highest BCUT2D eigenvalue weighted by molar-refractivity contribution is 5.92. The minimum absolute atomic E-state index is 0.430. The molecule has 0 saturated heterocycles. The Morgan fingerprint density at radius 2 is 1.82 bits per heavy atom. The Balaban J connectivity index is 1.63. The lowest BCUT2D eigenvalue weighted by atomic mass is 10.2. The number of guanidine groups is 1. The summed E-state index contributed by atoms with van der Waals surface area (Å²) < 4.78 is 0. The molecule has 2 aromatic carbocycles. The van der Waals surface area contributed by atoms with Gasteiger partial charge in [0.05, 0.1) is 6.54 Å². The Morgan fingerprint density at radius 1 is 1.05 bits per heavy atom. The molecule has 2 aromatic rings. The number of nitrogens with two attached hydrogens (primary N) is 1. The highest BCUT2D eigenvalue weighted by Gasteiger charge is 2.07. The van der Waals surface area contributed by atoms with Crippen LogP contribution in [0.15, 0.2) is 71.7 Å². The Labute approximate surface area is 131 Å². The van der Waals surface area contributed by atoms with Crippen LogP contribution in [0.1, 0.15) is 5.56 Å². The van der Waals surface area contributed by atoms with Crippen LogP contribution in [-0.4, -0.2) is 19.0 Å². The fraction of sp³-hybridized carbons (Fsp3) is 0.167. The van der Waals surface area contributed by atoms with Gasteiger partial charge in [0, 0.05) is 24.5 Å². The molecule has 0 fully saturated rings. The lowest BCUT2D eigenvalue weighted by Gasteiger charge is -2.18. The Bertz CT molecular complexity index is 668. The second kappa shape index (κ2) is 6.80. The minimum atomic E-state index is 0.430. The molecule has 0 saturated carbocycles. The van der Waals surface area contributed by atoms with E-state index in [1.807, 2.05) is 30.3 Å². The summed E-state index contributed by atoms with van der Waals surface area (Å²) in [7, 11) is 0. The molecule has 0 aliphatic carbocycles. The van der Waals surface area contributed by atoms with Gasteiger partial charge in [-0.05, 0) is 29.8 Å². The highest BCUT2D eigenvalue weighted by Crippen LogP contribution is 2.18. The maximum atomic E-state index is 5.93. The molecule has 1 heterocycles. The normalized spacial score (nSPS) is 14.4. The van der Waals surface area contributed by atoms with Crippen molar-refractivity contribution < 1.29 is 0 Å². The average molecular weight is 292 g/mol. The third-order valence-corrected chi connectivity index (χ3v) is 3.57. The van der Waals surface area contributed by atoms with Crippen molar-refractivity contribution in [3.8, 4) is 0 Å². The molecule has 3 N–H and O–H groups in total. The molecule has 0 aromatic heterocycles. The van der Waals surface area contributed by atoms with Crippen molar-refractivity contribution in [3.05, 3.63) is 72.3 Å². The van der Waals surface area contributed by atoms with E-state index in [0.717, 1.165) is 24.3 Å². The third kappa shape index (κ3) is 3.67. The van der Waals surface area contributed by atoms with Crippen molar-refractivity contribution in [2.75, 3.05) is 23.3 Å². The van der Waals surface area contributed by atoms with Gasteiger partial charge >= 0.3 is 0 Å². The maximum Gasteiger partial charge on any atom is 0.193 e. The second-order valence-corrected chi connectivity index (χ2v) is 5.24. The highest BCUT2D eigenvalue weighted by atomic mass is 15.1. The molecule has 0 unspecified atom stereocenters. The molecule has 22 heavy (non-hydrogen) atoms. The van der Waals surface area contributed by atoms with Gasteiger partial charge in [-0.2, -0.15) is 0 Å². The van der Waals surface area contributed by atoms with Gasteiger partial charge in [-0.15, -0.1) is 0 Å². The number of benzene rings is 2. The van der Waals surface area contributed by atoms with Gasteiger partial charge < -0.3 is 16.0 Å². The molecule has 0 bridgehead atoms. The van der Waals surface area contributed by atoms with Crippen LogP contribution in [0.5, 0.6) is 0 Å². The van der Waals surface area contributed by atoms with Crippen LogP contribution in [0.2, 0.25) is 0 Å². The fourth-order valence-corrected chi connectivity index (χ4v) is 2.43. The number of rotatable bonds is 4. The number of nitrogens with zero attached hydrogens (tertiary/aromatic N) is 2. The van der Waals surface area contributed by atoms with Crippen LogP contribution in [0.3, 0.4) is 0 Å². The summed E-state index contributed by atoms with van der Waals surface area (Å²) in [5, 5.41) is 3.09. The van der Waals surface area contributed by atoms with Crippen LogP contribution in [0.4, 0.5) is 11.4 Å². The van der Waals surface area contributed by atoms with Crippen LogP contribution < -0.4 is 16.0 Å². The van der Waals surface area contributed by atoms with Crippen molar-refractivity contribution >= 4 is 17.3 Å². The smallest absolute Gasteiger partial charge is 0.193 e. The quantitative estimate of drug-likeness (QED) is 0.517. The Hall–Kier alpha value is -2.75. The lowest BCUT2D eigenvalue weighted by molar-refractivity contribution is 0.993. The summed E-state index contributed by atoms with van der Waals surface area (Å²) in [6.45, 7) is 2.52. The molecule has 112 valence electrons. The van der Waals surface area contributed by atoms with E-state index in [1.54, 1.807) is 0 Å². The van der Waals surface area contributed by atoms with Crippen LogP contribution in [-0.2, 0) is 6.54 Å². The summed E-state index contributed by atoms with van der Waals surface area (Å²) >= 11 is 0. The zero-order chi connectivity index (χ0) is 15.2. The number of anilines is 2. The summed E-state index contributed by atoms with van der Waals surface area (Å²) in [6.07, 6.45) is 4.37. The number of hydrogen-bond donors (Lipinski definition) is 2. The first-order valence-electron chi connectivity index (χ1n) is 7.42. The van der Waals surface area contributed by atoms with Crippen LogP contribution in [0.25, 0.3) is 0 Å². The van der Waals surface area contributed by atoms with Gasteiger partial charge in [-0.1, -0.05) is 42.5 Å². The van der Waals surface area contributed by atoms with E-state index in [0.29, 0.717) is 12.5 Å². The summed E-state index contributed by atoms with van der Waals surface area (Å²) in [5.41, 5.74) is 9.26. The third-order valence-electron chi connectivity index (χ3n) is 3.57. The van der Waals surface area contributed by atoms with Gasteiger partial charge in [-0.3, -0.25) is 0 Å². The molecule has 3 rings (SSSR count). The van der Waals surface area contributed by atoms with Crippen LogP contribution >= 0.6 is 0 Å². The van der Waals surface area contributed by atoms with E-state index in [-0.39, 0.29) is 0 Å². The number of nitrogens with one attached hydrogen (secondary N) is 1. The number of aliphatic imine (C=N–C) groups is 1. The Kier molecular flexibility index (Phi) is 4.39. The Morgan fingerprint density at radius 3 is 2.59 bits per heavy atom. The minimum Gasteiger partial charge on any atom is -0.370 e. The van der Waals surface area contributed by atoms with Crippen molar-refractivity contribution in [2.45, 2.75) is 6.54 Å². The van der Waals surface area contributed by atoms with E-state index in [2.05, 4.69) is 51.6 Å². The number of para-hydroxylation sites is 1. The molecular weight excluding hydrogens is 272 g/mol. The van der Waals surface area contributed by atoms with Gasteiger partial charge in [0.2, 0.25) is 0 Å². The van der Waals surface area contributed by atoms with Gasteiger partial charge in [0.1, 0.15) is 0 Å². The van der Waals surface area contributed by atoms with Gasteiger partial charge in [0.25, 0.3) is 0 Å². The van der Waals surface area contributed by atoms with Crippen molar-refractivity contribution in [1.82, 2.24) is 0 Å². The zero-order valence-electron chi connectivity index (χ0n) is 12.4. The van der Waals surface area contributed by atoms with Crippen molar-refractivity contribution in [1.29, 1.82) is 0 Å². The molecule has 0 radical (unpaired) electrons. The maximum absolute atomic E-state index is 5.93.